The molecule has 7 rings (SSSR count). The first-order valence-corrected chi connectivity index (χ1v) is 24.6. The number of aromatic nitrogens is 1. The molecule has 0 amide bonds. The fourth-order valence-electron chi connectivity index (χ4n) is 6.48. The summed E-state index contributed by atoms with van der Waals surface area (Å²) in [4.78, 5) is 44.2. The van der Waals surface area contributed by atoms with Gasteiger partial charge in [-0.1, -0.05) is 23.7 Å². The normalized spacial score (nSPS) is 12.8. The molecule has 16 heteroatoms. The molecule has 1 atom stereocenters. The quantitative estimate of drug-likeness (QED) is 0.0114. The Labute approximate surface area is 418 Å². The van der Waals surface area contributed by atoms with E-state index in [1.807, 2.05) is 18.2 Å². The molecule has 0 N–H and O–H groups in total. The number of halogens is 2. The van der Waals surface area contributed by atoms with Crippen LogP contribution in [0.4, 0.5) is 0 Å². The number of ether oxygens (including phenoxy) is 9. The highest BCUT2D eigenvalue weighted by molar-refractivity contribution is 9.10. The molecule has 2 heterocycles. The number of fused-ring (bicyclic) bond motifs is 1. The first kappa shape index (κ1) is 50.9. The summed E-state index contributed by atoms with van der Waals surface area (Å²) in [6.07, 6.45) is 8.08. The molecule has 0 saturated carbocycles. The van der Waals surface area contributed by atoms with E-state index in [2.05, 4.69) is 27.5 Å². The molecule has 1 fully saturated rings. The van der Waals surface area contributed by atoms with Gasteiger partial charge in [-0.25, -0.2) is 14.4 Å². The van der Waals surface area contributed by atoms with Gasteiger partial charge in [-0.2, -0.15) is 0 Å². The van der Waals surface area contributed by atoms with Gasteiger partial charge in [0.15, 0.2) is 0 Å². The van der Waals surface area contributed by atoms with Gasteiger partial charge in [-0.05, 0) is 151 Å². The highest BCUT2D eigenvalue weighted by Gasteiger charge is 2.22. The fourth-order valence-corrected chi connectivity index (χ4v) is 8.07. The van der Waals surface area contributed by atoms with Crippen LogP contribution >= 0.6 is 39.3 Å². The number of epoxide rings is 1. The summed E-state index contributed by atoms with van der Waals surface area (Å²) in [5.74, 6) is 1.89. The molecule has 5 aromatic carbocycles. The Morgan fingerprint density at radius 3 is 2.03 bits per heavy atom. The molecule has 0 spiro atoms. The third-order valence-corrected chi connectivity index (χ3v) is 12.2. The minimum atomic E-state index is -0.567. The van der Waals surface area contributed by atoms with Crippen LogP contribution in [0.3, 0.4) is 0 Å². The molecule has 1 unspecified atom stereocenters. The molecule has 1 aromatic heterocycles. The lowest BCUT2D eigenvalue weighted by Gasteiger charge is -2.11. The smallest absolute Gasteiger partial charge is 0.343 e. The van der Waals surface area contributed by atoms with Gasteiger partial charge in [0.05, 0.1) is 77.5 Å². The second-order valence-electron chi connectivity index (χ2n) is 15.5. The summed E-state index contributed by atoms with van der Waals surface area (Å²) in [5.41, 5.74) is 1.72. The lowest BCUT2D eigenvalue weighted by molar-refractivity contribution is 0.0719. The summed E-state index contributed by atoms with van der Waals surface area (Å²) in [6, 6.07) is 30.5. The zero-order valence-corrected chi connectivity index (χ0v) is 40.9. The van der Waals surface area contributed by atoms with E-state index in [9.17, 15) is 14.4 Å². The third-order valence-electron chi connectivity index (χ3n) is 10.2. The fraction of sp³-hybridized carbons (Fsp3) is 0.283. The molecule has 0 radical (unpaired) electrons. The molecule has 69 heavy (non-hydrogen) atoms. The van der Waals surface area contributed by atoms with E-state index in [4.69, 9.17) is 54.2 Å². The van der Waals surface area contributed by atoms with E-state index < -0.39 is 17.9 Å². The van der Waals surface area contributed by atoms with Gasteiger partial charge in [0.1, 0.15) is 47.2 Å². The van der Waals surface area contributed by atoms with Crippen molar-refractivity contribution in [3.05, 3.63) is 154 Å². The zero-order chi connectivity index (χ0) is 48.2. The van der Waals surface area contributed by atoms with Crippen molar-refractivity contribution in [1.29, 1.82) is 0 Å². The minimum absolute atomic E-state index is 0.117. The maximum Gasteiger partial charge on any atom is 0.343 e. The number of hydrogen-bond donors (Lipinski definition) is 0. The summed E-state index contributed by atoms with van der Waals surface area (Å²) in [6.45, 7) is 8.08. The Morgan fingerprint density at radius 2 is 1.29 bits per heavy atom. The first-order chi connectivity index (χ1) is 33.7. The molecule has 0 aliphatic carbocycles. The minimum Gasteiger partial charge on any atom is -0.494 e. The summed E-state index contributed by atoms with van der Waals surface area (Å²) in [5, 5.41) is 0.947. The molecular formula is C53H51BrClNO12S. The van der Waals surface area contributed by atoms with Gasteiger partial charge in [-0.3, -0.25) is 4.98 Å². The Bertz CT molecular complexity index is 2660. The highest BCUT2D eigenvalue weighted by atomic mass is 79.9. The van der Waals surface area contributed by atoms with E-state index >= 15 is 0 Å². The van der Waals surface area contributed by atoms with Crippen molar-refractivity contribution in [2.24, 2.45) is 0 Å². The lowest BCUT2D eigenvalue weighted by Crippen LogP contribution is -2.10. The maximum absolute atomic E-state index is 13.0. The number of rotatable bonds is 28. The van der Waals surface area contributed by atoms with E-state index in [-0.39, 0.29) is 22.6 Å². The van der Waals surface area contributed by atoms with Gasteiger partial charge in [-0.15, -0.1) is 18.3 Å². The standard InChI is InChI=1S/C53H51BrClNO12S/c1-2-22-60-26-27-63-43-29-38-8-9-39(30-48(38)56-33-43)53(59)66-41-16-20-49(46(54)31-41)64-25-4-3-7-28-69-45-18-12-37(13-19-45)52(58)68-50-21-17-42(32-47(50)55)67-51(57)36-10-14-40(15-11-36)62-24-6-5-23-61-34-44-35-65-44/h2,8-21,29-33,44H,1,3-7,22-28,34-35H2. The van der Waals surface area contributed by atoms with Crippen molar-refractivity contribution in [3.63, 3.8) is 0 Å². The summed E-state index contributed by atoms with van der Waals surface area (Å²) >= 11 is 11.6. The molecular weight excluding hydrogens is 990 g/mol. The van der Waals surface area contributed by atoms with Crippen molar-refractivity contribution in [3.8, 4) is 34.5 Å². The van der Waals surface area contributed by atoms with Crippen LogP contribution in [0.1, 0.15) is 63.2 Å². The molecule has 6 aromatic rings. The number of thioether (sulfide) groups is 1. The average molecular weight is 1040 g/mol. The number of benzene rings is 5. The Morgan fingerprint density at radius 1 is 0.652 bits per heavy atom. The highest BCUT2D eigenvalue weighted by Crippen LogP contribution is 2.32. The van der Waals surface area contributed by atoms with Crippen LogP contribution < -0.4 is 28.4 Å². The number of pyridine rings is 1. The molecule has 1 aliphatic rings. The first-order valence-electron chi connectivity index (χ1n) is 22.5. The number of unbranched alkanes of at least 4 members (excludes halogenated alkanes) is 3. The van der Waals surface area contributed by atoms with Crippen molar-refractivity contribution in [1.82, 2.24) is 4.98 Å². The number of esters is 3. The number of hydrogen-bond acceptors (Lipinski definition) is 14. The molecule has 1 aliphatic heterocycles. The molecule has 1 saturated heterocycles. The molecule has 13 nitrogen and oxygen atoms in total. The monoisotopic (exact) mass is 1040 g/mol. The summed E-state index contributed by atoms with van der Waals surface area (Å²) in [7, 11) is 0. The van der Waals surface area contributed by atoms with E-state index in [0.717, 1.165) is 54.7 Å². The maximum atomic E-state index is 13.0. The number of carbonyl (C=O) groups is 3. The zero-order valence-electron chi connectivity index (χ0n) is 37.7. The van der Waals surface area contributed by atoms with Crippen LogP contribution in [0.5, 0.6) is 34.5 Å². The van der Waals surface area contributed by atoms with Crippen LogP contribution in [0.25, 0.3) is 10.9 Å². The Hall–Kier alpha value is -5.94. The van der Waals surface area contributed by atoms with Crippen molar-refractivity contribution < 1.29 is 57.0 Å². The number of nitrogens with zero attached hydrogens (tertiary/aromatic N) is 1. The second-order valence-corrected chi connectivity index (χ2v) is 18.0. The molecule has 0 bridgehead atoms. The lowest BCUT2D eigenvalue weighted by atomic mass is 10.1. The average Bonchev–Trinajstić information content (AvgIpc) is 4.19. The Kier molecular flexibility index (Phi) is 19.7. The van der Waals surface area contributed by atoms with E-state index in [1.54, 1.807) is 96.8 Å². The van der Waals surface area contributed by atoms with E-state index in [0.29, 0.717) is 95.9 Å². The topological polar surface area (TPSA) is 150 Å². The van der Waals surface area contributed by atoms with Gasteiger partial charge in [0, 0.05) is 23.0 Å². The van der Waals surface area contributed by atoms with Gasteiger partial charge < -0.3 is 42.6 Å². The summed E-state index contributed by atoms with van der Waals surface area (Å²) < 4.78 is 50.8. The Balaban J connectivity index is 0.753. The van der Waals surface area contributed by atoms with Crippen molar-refractivity contribution in [2.75, 3.05) is 58.6 Å². The van der Waals surface area contributed by atoms with Gasteiger partial charge >= 0.3 is 17.9 Å². The van der Waals surface area contributed by atoms with Crippen LogP contribution in [0.15, 0.2) is 137 Å². The van der Waals surface area contributed by atoms with Crippen molar-refractivity contribution in [2.45, 2.75) is 43.1 Å². The second kappa shape index (κ2) is 26.7. The largest absolute Gasteiger partial charge is 0.494 e. The van der Waals surface area contributed by atoms with Crippen LogP contribution in [0.2, 0.25) is 5.02 Å². The van der Waals surface area contributed by atoms with Crippen molar-refractivity contribution >= 4 is 68.1 Å². The number of carbonyl (C=O) groups excluding carboxylic acids is 3. The predicted octanol–water partition coefficient (Wildman–Crippen LogP) is 11.8. The van der Waals surface area contributed by atoms with Crippen LogP contribution in [0, 0.1) is 0 Å². The molecule has 360 valence electrons. The predicted molar refractivity (Wildman–Crippen MR) is 267 cm³/mol. The third kappa shape index (κ3) is 16.6. The van der Waals surface area contributed by atoms with Crippen LogP contribution in [-0.2, 0) is 14.2 Å². The van der Waals surface area contributed by atoms with Gasteiger partial charge in [0.25, 0.3) is 0 Å². The van der Waals surface area contributed by atoms with Gasteiger partial charge in [0.2, 0.25) is 0 Å². The van der Waals surface area contributed by atoms with E-state index in [1.165, 1.54) is 18.2 Å². The SMILES string of the molecule is C=CCOCCOc1cnc2cc(C(=O)Oc3ccc(OCCCCCSc4ccc(C(=O)Oc5ccc(OC(=O)c6ccc(OCCCCOCC7CO7)cc6)cc5Cl)cc4)c(Br)c3)ccc2c1. The van der Waals surface area contributed by atoms with Crippen LogP contribution in [-0.4, -0.2) is 87.6 Å².